The highest BCUT2D eigenvalue weighted by Crippen LogP contribution is 2.29. The molecule has 0 saturated carbocycles. The van der Waals surface area contributed by atoms with Gasteiger partial charge in [-0.1, -0.05) is 37.6 Å². The van der Waals surface area contributed by atoms with Crippen LogP contribution < -0.4 is 5.19 Å². The van der Waals surface area contributed by atoms with E-state index in [0.717, 1.165) is 22.6 Å². The third kappa shape index (κ3) is 4.76. The van der Waals surface area contributed by atoms with E-state index in [1.54, 1.807) is 0 Å². The Balaban J connectivity index is 2.98. The third-order valence-corrected chi connectivity index (χ3v) is 8.79. The van der Waals surface area contributed by atoms with Gasteiger partial charge in [-0.15, -0.1) is 0 Å². The molecule has 1 N–H and O–H groups in total. The average molecular weight is 429 g/mol. The summed E-state index contributed by atoms with van der Waals surface area (Å²) in [5.74, 6) is 0. The minimum absolute atomic E-state index is 0.295. The molecule has 5 nitrogen and oxygen atoms in total. The van der Waals surface area contributed by atoms with Crippen molar-refractivity contribution in [2.24, 2.45) is 0 Å². The first-order valence-electron chi connectivity index (χ1n) is 9.29. The van der Waals surface area contributed by atoms with Crippen molar-refractivity contribution in [3.63, 3.8) is 0 Å². The van der Waals surface area contributed by atoms with Gasteiger partial charge in [0.2, 0.25) is 0 Å². The van der Waals surface area contributed by atoms with E-state index in [0.29, 0.717) is 36.5 Å². The molecule has 0 aliphatic carbocycles. The van der Waals surface area contributed by atoms with Crippen LogP contribution >= 0.6 is 0 Å². The lowest BCUT2D eigenvalue weighted by Crippen LogP contribution is -2.58. The van der Waals surface area contributed by atoms with Gasteiger partial charge in [-0.2, -0.15) is 0 Å². The molecule has 1 atom stereocenters. The molecule has 0 aliphatic rings. The lowest BCUT2D eigenvalue weighted by Gasteiger charge is -2.31. The fourth-order valence-electron chi connectivity index (χ4n) is 3.35. The molecule has 0 radical (unpaired) electrons. The smallest absolute Gasteiger partial charge is 0.370 e. The van der Waals surface area contributed by atoms with Crippen LogP contribution in [0.2, 0.25) is 0 Å². The SMILES string of the molecule is CCCc1c([Si](OCC)(OCC)OCC)cc2ccccc2c1S(=O)(O)=S. The van der Waals surface area contributed by atoms with Gasteiger partial charge in [-0.25, -0.2) is 4.21 Å². The largest absolute Gasteiger partial charge is 0.537 e. The predicted octanol–water partition coefficient (Wildman–Crippen LogP) is 3.63. The van der Waals surface area contributed by atoms with Crippen LogP contribution in [0.4, 0.5) is 0 Å². The highest BCUT2D eigenvalue weighted by molar-refractivity contribution is 8.29. The van der Waals surface area contributed by atoms with Crippen LogP contribution in [-0.2, 0) is 39.7 Å². The van der Waals surface area contributed by atoms with E-state index in [2.05, 4.69) is 0 Å². The Kier molecular flexibility index (Phi) is 7.93. The summed E-state index contributed by atoms with van der Waals surface area (Å²) >= 11 is 5.03. The molecule has 2 aromatic rings. The van der Waals surface area contributed by atoms with Crippen LogP contribution in [-0.4, -0.2) is 37.4 Å². The van der Waals surface area contributed by atoms with Crippen molar-refractivity contribution in [3.05, 3.63) is 35.9 Å². The van der Waals surface area contributed by atoms with Crippen molar-refractivity contribution < 1.29 is 22.0 Å². The van der Waals surface area contributed by atoms with Crippen LogP contribution in [0.15, 0.2) is 35.2 Å². The maximum atomic E-state index is 12.7. The van der Waals surface area contributed by atoms with E-state index >= 15 is 0 Å². The molecule has 0 saturated heterocycles. The molecular formula is C19H28O5S2Si. The summed E-state index contributed by atoms with van der Waals surface area (Å²) in [5.41, 5.74) is 0.723. The second-order valence-corrected chi connectivity index (χ2v) is 11.3. The van der Waals surface area contributed by atoms with Gasteiger partial charge in [-0.05, 0) is 44.2 Å². The molecule has 0 fully saturated rings. The predicted molar refractivity (Wildman–Crippen MR) is 115 cm³/mol. The highest BCUT2D eigenvalue weighted by atomic mass is 32.8. The van der Waals surface area contributed by atoms with E-state index < -0.39 is 17.6 Å². The van der Waals surface area contributed by atoms with Crippen molar-refractivity contribution in [1.82, 2.24) is 0 Å². The zero-order valence-electron chi connectivity index (χ0n) is 16.3. The van der Waals surface area contributed by atoms with Crippen LogP contribution in [0.25, 0.3) is 10.8 Å². The van der Waals surface area contributed by atoms with Crippen LogP contribution in [0.1, 0.15) is 39.7 Å². The molecule has 8 heteroatoms. The molecule has 0 aromatic heterocycles. The lowest BCUT2D eigenvalue weighted by atomic mass is 10.0. The molecular weight excluding hydrogens is 400 g/mol. The van der Waals surface area contributed by atoms with Gasteiger partial charge in [0.15, 0.2) is 8.77 Å². The molecule has 150 valence electrons. The number of benzene rings is 2. The normalized spacial score (nSPS) is 14.4. The van der Waals surface area contributed by atoms with Crippen molar-refractivity contribution in [1.29, 1.82) is 0 Å². The van der Waals surface area contributed by atoms with Crippen molar-refractivity contribution in [2.75, 3.05) is 19.8 Å². The summed E-state index contributed by atoms with van der Waals surface area (Å²) in [5, 5.41) is 2.26. The maximum Gasteiger partial charge on any atom is 0.537 e. The molecule has 2 aromatic carbocycles. The highest BCUT2D eigenvalue weighted by Gasteiger charge is 2.46. The van der Waals surface area contributed by atoms with Crippen LogP contribution in [0.5, 0.6) is 0 Å². The summed E-state index contributed by atoms with van der Waals surface area (Å²) in [4.78, 5) is 0.295. The third-order valence-electron chi connectivity index (χ3n) is 4.20. The molecule has 27 heavy (non-hydrogen) atoms. The molecule has 0 heterocycles. The quantitative estimate of drug-likeness (QED) is 0.583. The standard InChI is InChI=1S/C19H28O5S2Si/c1-5-11-17-18(27(22-6-2,23-7-3)24-8-4)14-15-12-9-10-13-16(15)19(17)26(20,21)25/h9-10,12-14H,5-8,11H2,1-4H3,(H,20,21,25). The first-order valence-corrected chi connectivity index (χ1v) is 13.4. The van der Waals surface area contributed by atoms with Gasteiger partial charge >= 0.3 is 8.80 Å². The van der Waals surface area contributed by atoms with Gasteiger partial charge in [0.25, 0.3) is 0 Å². The fraction of sp³-hybridized carbons (Fsp3) is 0.474. The van der Waals surface area contributed by atoms with Crippen molar-refractivity contribution >= 4 is 44.7 Å². The molecule has 0 spiro atoms. The Labute approximate surface area is 167 Å². The van der Waals surface area contributed by atoms with Crippen LogP contribution in [0.3, 0.4) is 0 Å². The Morgan fingerprint density at radius 2 is 1.59 bits per heavy atom. The zero-order chi connectivity index (χ0) is 20.1. The lowest BCUT2D eigenvalue weighted by molar-refractivity contribution is 0.0857. The van der Waals surface area contributed by atoms with E-state index in [1.165, 1.54) is 0 Å². The monoisotopic (exact) mass is 428 g/mol. The van der Waals surface area contributed by atoms with Crippen molar-refractivity contribution in [2.45, 2.75) is 45.4 Å². The number of rotatable bonds is 10. The topological polar surface area (TPSA) is 65.0 Å². The first kappa shape index (κ1) is 22.4. The molecule has 2 rings (SSSR count). The second kappa shape index (κ2) is 9.55. The van der Waals surface area contributed by atoms with E-state index in [-0.39, 0.29) is 0 Å². The van der Waals surface area contributed by atoms with Gasteiger partial charge in [-0.3, -0.25) is 0 Å². The molecule has 0 bridgehead atoms. The number of fused-ring (bicyclic) bond motifs is 1. The maximum absolute atomic E-state index is 12.7. The Hall–Kier alpha value is -0.873. The van der Waals surface area contributed by atoms with E-state index in [4.69, 9.17) is 24.5 Å². The summed E-state index contributed by atoms with van der Waals surface area (Å²) in [6.45, 7) is 8.96. The molecule has 0 aliphatic heterocycles. The number of hydrogen-bond donors (Lipinski definition) is 1. The summed E-state index contributed by atoms with van der Waals surface area (Å²) < 4.78 is 41.4. The summed E-state index contributed by atoms with van der Waals surface area (Å²) in [6.07, 6.45) is 1.38. The van der Waals surface area contributed by atoms with E-state index in [9.17, 15) is 8.76 Å². The Bertz CT molecular complexity index is 866. The fourth-order valence-corrected chi connectivity index (χ4v) is 7.81. The Morgan fingerprint density at radius 1 is 1.04 bits per heavy atom. The van der Waals surface area contributed by atoms with Gasteiger partial charge in [0.1, 0.15) is 0 Å². The van der Waals surface area contributed by atoms with Crippen molar-refractivity contribution in [3.8, 4) is 0 Å². The van der Waals surface area contributed by atoms with Gasteiger partial charge < -0.3 is 17.8 Å². The van der Waals surface area contributed by atoms with Gasteiger partial charge in [0, 0.05) is 41.6 Å². The summed E-state index contributed by atoms with van der Waals surface area (Å²) in [6, 6.07) is 9.46. The molecule has 1 unspecified atom stereocenters. The summed E-state index contributed by atoms with van der Waals surface area (Å²) in [7, 11) is -6.88. The average Bonchev–Trinajstić information content (AvgIpc) is 2.60. The first-order chi connectivity index (χ1) is 12.8. The Morgan fingerprint density at radius 3 is 2.07 bits per heavy atom. The number of hydrogen-bond acceptors (Lipinski definition) is 5. The minimum atomic E-state index is -3.62. The second-order valence-electron chi connectivity index (χ2n) is 6.03. The van der Waals surface area contributed by atoms with Crippen LogP contribution in [0, 0.1) is 0 Å². The minimum Gasteiger partial charge on any atom is -0.370 e. The van der Waals surface area contributed by atoms with Gasteiger partial charge in [0.05, 0.1) is 4.90 Å². The van der Waals surface area contributed by atoms with E-state index in [1.807, 2.05) is 58.0 Å². The molecule has 0 amide bonds. The zero-order valence-corrected chi connectivity index (χ0v) is 19.0.